The second-order valence-electron chi connectivity index (χ2n) is 5.86. The summed E-state index contributed by atoms with van der Waals surface area (Å²) in [6.45, 7) is 0. The maximum atomic E-state index is 11.9. The Kier molecular flexibility index (Phi) is 6.83. The van der Waals surface area contributed by atoms with Crippen LogP contribution in [0.25, 0.3) is 0 Å². The van der Waals surface area contributed by atoms with Gasteiger partial charge in [0.2, 0.25) is 0 Å². The van der Waals surface area contributed by atoms with Crippen LogP contribution in [-0.2, 0) is 19.1 Å². The van der Waals surface area contributed by atoms with Gasteiger partial charge in [0.25, 0.3) is 0 Å². The molecule has 28 heavy (non-hydrogen) atoms. The average molecular weight is 385 g/mol. The number of hydrogen-bond donors (Lipinski definition) is 3. The predicted molar refractivity (Wildman–Crippen MR) is 99.8 cm³/mol. The molecule has 146 valence electrons. The fourth-order valence-electron chi connectivity index (χ4n) is 2.07. The van der Waals surface area contributed by atoms with Crippen molar-refractivity contribution in [1.82, 2.24) is 0 Å². The Balaban J connectivity index is 1.79. The first-order valence-corrected chi connectivity index (χ1v) is 8.24. The van der Waals surface area contributed by atoms with Gasteiger partial charge in [0.1, 0.15) is 6.04 Å². The minimum atomic E-state index is -1.24. The third-order valence-corrected chi connectivity index (χ3v) is 3.65. The molecule has 0 aromatic heterocycles. The van der Waals surface area contributed by atoms with Crippen LogP contribution in [0.4, 0.5) is 11.4 Å². The van der Waals surface area contributed by atoms with Crippen LogP contribution in [0.15, 0.2) is 48.5 Å². The van der Waals surface area contributed by atoms with E-state index in [2.05, 4.69) is 9.47 Å². The van der Waals surface area contributed by atoms with Crippen molar-refractivity contribution < 1.29 is 28.7 Å². The number of nitrogens with two attached hydrogens (primary N) is 3. The molecule has 0 unspecified atom stereocenters. The first-order chi connectivity index (χ1) is 13.3. The van der Waals surface area contributed by atoms with Crippen molar-refractivity contribution in [1.29, 1.82) is 0 Å². The first-order valence-electron chi connectivity index (χ1n) is 8.24. The molecule has 0 aliphatic rings. The van der Waals surface area contributed by atoms with Gasteiger partial charge in [-0.25, -0.2) is 14.4 Å². The van der Waals surface area contributed by atoms with Gasteiger partial charge >= 0.3 is 23.9 Å². The van der Waals surface area contributed by atoms with E-state index < -0.39 is 29.9 Å². The van der Waals surface area contributed by atoms with E-state index in [0.717, 1.165) is 0 Å². The molecule has 0 bridgehead atoms. The highest BCUT2D eigenvalue weighted by molar-refractivity contribution is 5.99. The van der Waals surface area contributed by atoms with Gasteiger partial charge < -0.3 is 26.7 Å². The third-order valence-electron chi connectivity index (χ3n) is 3.65. The van der Waals surface area contributed by atoms with E-state index in [9.17, 15) is 19.2 Å². The van der Waals surface area contributed by atoms with Crippen LogP contribution in [0, 0.1) is 0 Å². The second-order valence-corrected chi connectivity index (χ2v) is 5.86. The van der Waals surface area contributed by atoms with E-state index in [1.54, 1.807) is 0 Å². The predicted octanol–water partition coefficient (Wildman–Crippen LogP) is 1.03. The fourth-order valence-corrected chi connectivity index (χ4v) is 2.07. The molecule has 0 amide bonds. The van der Waals surface area contributed by atoms with E-state index in [4.69, 9.17) is 17.2 Å². The number of nitrogen functional groups attached to an aromatic ring is 2. The summed E-state index contributed by atoms with van der Waals surface area (Å²) in [4.78, 5) is 47.3. The number of hydrogen-bond acceptors (Lipinski definition) is 9. The molecule has 0 aliphatic carbocycles. The highest BCUT2D eigenvalue weighted by atomic mass is 16.6. The lowest BCUT2D eigenvalue weighted by atomic mass is 10.1. The van der Waals surface area contributed by atoms with Gasteiger partial charge in [-0.15, -0.1) is 0 Å². The van der Waals surface area contributed by atoms with Crippen molar-refractivity contribution in [2.45, 2.75) is 18.9 Å². The zero-order valence-electron chi connectivity index (χ0n) is 14.8. The van der Waals surface area contributed by atoms with Crippen LogP contribution in [0.2, 0.25) is 0 Å². The summed E-state index contributed by atoms with van der Waals surface area (Å²) in [5.74, 6) is -3.60. The van der Waals surface area contributed by atoms with Crippen LogP contribution in [0.3, 0.4) is 0 Å². The molecule has 0 heterocycles. The van der Waals surface area contributed by atoms with E-state index >= 15 is 0 Å². The lowest BCUT2D eigenvalue weighted by Gasteiger charge is -2.10. The number of carbonyl (C=O) groups is 4. The normalized spacial score (nSPS) is 11.3. The van der Waals surface area contributed by atoms with Gasteiger partial charge in [-0.2, -0.15) is 0 Å². The Hall–Kier alpha value is -3.72. The van der Waals surface area contributed by atoms with Crippen molar-refractivity contribution in [3.05, 3.63) is 59.7 Å². The van der Waals surface area contributed by atoms with Gasteiger partial charge in [-0.05, 0) is 55.0 Å². The van der Waals surface area contributed by atoms with Crippen LogP contribution in [0.1, 0.15) is 33.6 Å². The first kappa shape index (κ1) is 20.6. The fraction of sp³-hybridized carbons (Fsp3) is 0.158. The van der Waals surface area contributed by atoms with Gasteiger partial charge in [0.05, 0.1) is 11.1 Å². The smallest absolute Gasteiger partial charge is 0.345 e. The zero-order chi connectivity index (χ0) is 20.7. The summed E-state index contributed by atoms with van der Waals surface area (Å²) in [5, 5.41) is 0. The molecule has 0 spiro atoms. The monoisotopic (exact) mass is 385 g/mol. The highest BCUT2D eigenvalue weighted by Gasteiger charge is 2.22. The molecule has 9 nitrogen and oxygen atoms in total. The molecule has 9 heteroatoms. The molecule has 2 aromatic carbocycles. The Bertz CT molecular complexity index is 878. The molecule has 2 rings (SSSR count). The molecule has 2 aromatic rings. The van der Waals surface area contributed by atoms with Crippen LogP contribution in [-0.4, -0.2) is 29.9 Å². The number of anilines is 2. The lowest BCUT2D eigenvalue weighted by molar-refractivity contribution is -0.140. The number of rotatable bonds is 6. The molecule has 1 atom stereocenters. The average Bonchev–Trinajstić information content (AvgIpc) is 2.66. The number of ether oxygens (including phenoxy) is 2. The minimum Gasteiger partial charge on any atom is -0.399 e. The molecule has 0 saturated heterocycles. The summed E-state index contributed by atoms with van der Waals surface area (Å²) in [5.41, 5.74) is 17.8. The SMILES string of the molecule is Nc1ccc(C(=O)OC(=O)CC[C@@H](N)C(=O)OC(=O)c2ccc(N)cc2)cc1. The minimum absolute atomic E-state index is 0.128. The second kappa shape index (κ2) is 9.28. The van der Waals surface area contributed by atoms with Gasteiger partial charge in [-0.1, -0.05) is 0 Å². The molecular weight excluding hydrogens is 366 g/mol. The van der Waals surface area contributed by atoms with E-state index in [1.807, 2.05) is 0 Å². The van der Waals surface area contributed by atoms with Crippen molar-refractivity contribution in [3.8, 4) is 0 Å². The van der Waals surface area contributed by atoms with Crippen LogP contribution in [0.5, 0.6) is 0 Å². The molecule has 6 N–H and O–H groups in total. The summed E-state index contributed by atoms with van der Waals surface area (Å²) in [7, 11) is 0. The van der Waals surface area contributed by atoms with E-state index in [1.165, 1.54) is 48.5 Å². The van der Waals surface area contributed by atoms with Crippen molar-refractivity contribution in [2.24, 2.45) is 5.73 Å². The number of carbonyl (C=O) groups excluding carboxylic acids is 4. The van der Waals surface area contributed by atoms with E-state index in [-0.39, 0.29) is 24.0 Å². The lowest BCUT2D eigenvalue weighted by Crippen LogP contribution is -2.34. The molecule has 0 saturated carbocycles. The quantitative estimate of drug-likeness (QED) is 0.374. The third kappa shape index (κ3) is 5.92. The Morgan fingerprint density at radius 1 is 0.750 bits per heavy atom. The maximum Gasteiger partial charge on any atom is 0.345 e. The molecular formula is C19H19N3O6. The Labute approximate surface area is 160 Å². The van der Waals surface area contributed by atoms with Gasteiger partial charge in [-0.3, -0.25) is 4.79 Å². The topological polar surface area (TPSA) is 165 Å². The molecule has 0 aliphatic heterocycles. The summed E-state index contributed by atoms with van der Waals surface area (Å²) >= 11 is 0. The van der Waals surface area contributed by atoms with Crippen molar-refractivity contribution >= 4 is 35.3 Å². The Morgan fingerprint density at radius 3 is 1.64 bits per heavy atom. The van der Waals surface area contributed by atoms with Crippen LogP contribution >= 0.6 is 0 Å². The number of esters is 4. The van der Waals surface area contributed by atoms with Gasteiger partial charge in [0, 0.05) is 17.8 Å². The standard InChI is InChI=1S/C19H19N3O6/c20-13-5-1-11(2-6-13)17(24)27-16(23)10-9-15(22)19(26)28-18(25)12-3-7-14(21)8-4-12/h1-8,15H,9-10,20-22H2/t15-/m1/s1. The summed E-state index contributed by atoms with van der Waals surface area (Å²) in [6.07, 6.45) is -0.477. The van der Waals surface area contributed by atoms with Crippen LogP contribution < -0.4 is 17.2 Å². The van der Waals surface area contributed by atoms with Gasteiger partial charge in [0.15, 0.2) is 0 Å². The van der Waals surface area contributed by atoms with Crippen molar-refractivity contribution in [3.63, 3.8) is 0 Å². The molecule has 0 radical (unpaired) electrons. The summed E-state index contributed by atoms with van der Waals surface area (Å²) < 4.78 is 9.32. The highest BCUT2D eigenvalue weighted by Crippen LogP contribution is 2.10. The van der Waals surface area contributed by atoms with E-state index in [0.29, 0.717) is 11.4 Å². The summed E-state index contributed by atoms with van der Waals surface area (Å²) in [6, 6.07) is 10.3. The van der Waals surface area contributed by atoms with Crippen molar-refractivity contribution in [2.75, 3.05) is 11.5 Å². The number of benzene rings is 2. The largest absolute Gasteiger partial charge is 0.399 e. The molecule has 0 fully saturated rings. The maximum absolute atomic E-state index is 11.9. The Morgan fingerprint density at radius 2 is 1.18 bits per heavy atom. The zero-order valence-corrected chi connectivity index (χ0v) is 14.8.